The van der Waals surface area contributed by atoms with Crippen molar-refractivity contribution in [2.45, 2.75) is 50.0 Å². The number of amides is 2. The summed E-state index contributed by atoms with van der Waals surface area (Å²) in [6.07, 6.45) is 1.01. The highest BCUT2D eigenvalue weighted by atomic mass is 35.5. The van der Waals surface area contributed by atoms with Crippen molar-refractivity contribution in [1.29, 1.82) is 0 Å². The van der Waals surface area contributed by atoms with Crippen LogP contribution in [0.15, 0.2) is 40.8 Å². The molecule has 0 aromatic carbocycles. The van der Waals surface area contributed by atoms with E-state index in [-0.39, 0.29) is 39.2 Å². The second-order valence-corrected chi connectivity index (χ2v) is 13.7. The third kappa shape index (κ3) is 6.90. The van der Waals surface area contributed by atoms with Gasteiger partial charge in [0.25, 0.3) is 11.8 Å². The maximum Gasteiger partial charge on any atom is 0.352 e. The normalized spacial score (nSPS) is 19.1. The van der Waals surface area contributed by atoms with Gasteiger partial charge in [-0.25, -0.2) is 14.6 Å². The minimum Gasteiger partial charge on any atom is -0.478 e. The first-order valence-electron chi connectivity index (χ1n) is 14.4. The van der Waals surface area contributed by atoms with Crippen LogP contribution in [0.3, 0.4) is 0 Å². The molecule has 5 rings (SSSR count). The summed E-state index contributed by atoms with van der Waals surface area (Å²) in [5.74, 6) is -3.49. The van der Waals surface area contributed by atoms with Gasteiger partial charge in [0.2, 0.25) is 11.6 Å². The molecule has 17 nitrogen and oxygen atoms in total. The van der Waals surface area contributed by atoms with Gasteiger partial charge < -0.3 is 46.9 Å². The quantitative estimate of drug-likeness (QED) is 0.0563. The van der Waals surface area contributed by atoms with Crippen molar-refractivity contribution in [2.75, 3.05) is 30.9 Å². The van der Waals surface area contributed by atoms with Crippen molar-refractivity contribution in [3.8, 4) is 0 Å². The number of rotatable bonds is 14. The van der Waals surface area contributed by atoms with Crippen LogP contribution in [0.1, 0.15) is 19.0 Å². The number of pyridine rings is 1. The maximum absolute atomic E-state index is 13.4. The molecule has 9 N–H and O–H groups in total. The van der Waals surface area contributed by atoms with Gasteiger partial charge in [-0.15, -0.1) is 11.8 Å². The molecule has 4 atom stereocenters. The first kappa shape index (κ1) is 34.9. The number of fused-ring (bicyclic) bond motifs is 2. The van der Waals surface area contributed by atoms with Crippen molar-refractivity contribution < 1.29 is 43.5 Å². The van der Waals surface area contributed by atoms with Crippen molar-refractivity contribution in [3.05, 3.63) is 45.7 Å². The zero-order valence-electron chi connectivity index (χ0n) is 25.7. The summed E-state index contributed by atoms with van der Waals surface area (Å²) in [6, 6.07) is 4.24. The van der Waals surface area contributed by atoms with Crippen LogP contribution in [0.25, 0.3) is 11.0 Å². The van der Waals surface area contributed by atoms with Crippen LogP contribution in [-0.2, 0) is 41.8 Å². The molecular formula is C28H33ClN9O8S2+. The molecule has 0 aliphatic carbocycles. The maximum atomic E-state index is 13.4. The fourth-order valence-corrected chi connectivity index (χ4v) is 7.59. The Hall–Kier alpha value is -4.43. The molecule has 2 aliphatic rings. The number of nitrogens with one attached hydrogen (secondary N) is 1. The van der Waals surface area contributed by atoms with Gasteiger partial charge in [0.1, 0.15) is 38.5 Å². The standard InChI is InChI=1S/C28H32ClN9O8S2/c1-12(26(41)42)46-35-19(18-22(29)48-28(32)34-18)23(39)33-20-24(40)38-21(27(43)44)13(11-47-25(20)38)9-36-6-3-4-15-16(36)8-17(31)37(15)7-5-14(30)10-45-2/h3-4,6,8,12,14,20,25,31H,5,7,9-11,30H2,1-2H3,(H5,32,33,34,39,41,42,43,44)/p+1/b35-19-/t12-,14-,20?,25?/m0/s1. The predicted molar refractivity (Wildman–Crippen MR) is 177 cm³/mol. The summed E-state index contributed by atoms with van der Waals surface area (Å²) in [7, 11) is 1.59. The van der Waals surface area contributed by atoms with Crippen LogP contribution in [0.2, 0.25) is 4.34 Å². The number of carboxylic acid groups (broad SMARTS) is 2. The number of hydrogen-bond acceptors (Lipinski definition) is 13. The van der Waals surface area contributed by atoms with Crippen molar-refractivity contribution in [2.24, 2.45) is 10.9 Å². The molecule has 20 heteroatoms. The molecule has 0 spiro atoms. The summed E-state index contributed by atoms with van der Waals surface area (Å²) in [5, 5.41) is 24.9. The number of nitrogens with zero attached hydrogens (tertiary/aromatic N) is 5. The molecule has 2 unspecified atom stereocenters. The van der Waals surface area contributed by atoms with Gasteiger partial charge in [0.05, 0.1) is 12.7 Å². The number of thioether (sulfide) groups is 1. The Morgan fingerprint density at radius 1 is 1.31 bits per heavy atom. The summed E-state index contributed by atoms with van der Waals surface area (Å²) in [6.45, 7) is 2.32. The molecule has 48 heavy (non-hydrogen) atoms. The van der Waals surface area contributed by atoms with E-state index in [9.17, 15) is 24.3 Å². The van der Waals surface area contributed by atoms with E-state index in [1.807, 2.05) is 21.3 Å². The average molecular weight is 723 g/mol. The number of aryl methyl sites for hydroxylation is 1. The minimum absolute atomic E-state index is 0.0124. The fourth-order valence-electron chi connectivity index (χ4n) is 5.33. The van der Waals surface area contributed by atoms with Gasteiger partial charge in [0, 0.05) is 37.1 Å². The molecule has 1 saturated heterocycles. The molecule has 256 valence electrons. The first-order chi connectivity index (χ1) is 22.8. The zero-order valence-corrected chi connectivity index (χ0v) is 28.0. The summed E-state index contributed by atoms with van der Waals surface area (Å²) >= 11 is 8.31. The Bertz CT molecular complexity index is 1840. The molecule has 0 saturated carbocycles. The van der Waals surface area contributed by atoms with Crippen LogP contribution in [0.4, 0.5) is 10.9 Å². The number of carbonyl (C=O) groups is 4. The lowest BCUT2D eigenvalue weighted by Gasteiger charge is -2.49. The lowest BCUT2D eigenvalue weighted by atomic mass is 10.0. The number of hydrogen-bond donors (Lipinski definition) is 6. The van der Waals surface area contributed by atoms with Crippen molar-refractivity contribution >= 4 is 86.1 Å². The monoisotopic (exact) mass is 722 g/mol. The number of aliphatic carboxylic acids is 2. The van der Waals surface area contributed by atoms with E-state index >= 15 is 0 Å². The van der Waals surface area contributed by atoms with Gasteiger partial charge in [-0.3, -0.25) is 14.5 Å². The third-order valence-electron chi connectivity index (χ3n) is 7.67. The molecule has 5 heterocycles. The molecule has 0 radical (unpaired) electrons. The fraction of sp³-hybridized carbons (Fsp3) is 0.393. The molecule has 3 aromatic rings. The zero-order chi connectivity index (χ0) is 34.9. The SMILES string of the molecule is COC[C@@H](N)CCn1c(N)cc2c1ccc[n+]2CC1=C(C(=O)O)N2C(=O)C(NC(=O)/C(=N\O[C@@H](C)C(=O)O)c3nc(N)sc3Cl)C2SC1. The van der Waals surface area contributed by atoms with E-state index in [1.165, 1.54) is 18.7 Å². The Kier molecular flexibility index (Phi) is 10.4. The lowest BCUT2D eigenvalue weighted by Crippen LogP contribution is -2.71. The van der Waals surface area contributed by atoms with E-state index in [4.69, 9.17) is 43.5 Å². The number of carbonyl (C=O) groups excluding carboxylic acids is 2. The highest BCUT2D eigenvalue weighted by Crippen LogP contribution is 2.40. The number of ether oxygens (including phenoxy) is 1. The molecule has 3 aromatic heterocycles. The van der Waals surface area contributed by atoms with Crippen LogP contribution in [-0.4, -0.2) is 97.2 Å². The molecule has 1 fully saturated rings. The van der Waals surface area contributed by atoms with E-state index < -0.39 is 47.0 Å². The third-order valence-corrected chi connectivity index (χ3v) is 10.1. The number of methoxy groups -OCH3 is 1. The molecular weight excluding hydrogens is 690 g/mol. The summed E-state index contributed by atoms with van der Waals surface area (Å²) in [5.41, 5.74) is 19.4. The largest absolute Gasteiger partial charge is 0.478 e. The minimum atomic E-state index is -1.42. The van der Waals surface area contributed by atoms with Gasteiger partial charge in [-0.05, 0) is 19.4 Å². The Morgan fingerprint density at radius 3 is 2.71 bits per heavy atom. The van der Waals surface area contributed by atoms with Crippen molar-refractivity contribution in [3.63, 3.8) is 0 Å². The Balaban J connectivity index is 1.37. The number of anilines is 2. The van der Waals surface area contributed by atoms with Gasteiger partial charge in [0.15, 0.2) is 23.6 Å². The van der Waals surface area contributed by atoms with Gasteiger partial charge in [-0.2, -0.15) is 4.57 Å². The number of nitrogen functional groups attached to an aromatic ring is 2. The molecule has 2 amide bonds. The first-order valence-corrected chi connectivity index (χ1v) is 16.7. The van der Waals surface area contributed by atoms with Gasteiger partial charge in [-0.1, -0.05) is 28.1 Å². The summed E-state index contributed by atoms with van der Waals surface area (Å²) in [4.78, 5) is 60.6. The second-order valence-electron chi connectivity index (χ2n) is 10.9. The number of carboxylic acids is 2. The van der Waals surface area contributed by atoms with Crippen LogP contribution in [0.5, 0.6) is 0 Å². The van der Waals surface area contributed by atoms with E-state index in [0.717, 1.165) is 27.3 Å². The predicted octanol–water partition coefficient (Wildman–Crippen LogP) is 0.200. The highest BCUT2D eigenvalue weighted by molar-refractivity contribution is 8.00. The number of halogens is 1. The van der Waals surface area contributed by atoms with Crippen LogP contribution < -0.4 is 27.1 Å². The molecule has 0 bridgehead atoms. The second kappa shape index (κ2) is 14.4. The number of thiazole rings is 1. The topological polar surface area (TPSA) is 255 Å². The number of aromatic nitrogens is 3. The lowest BCUT2D eigenvalue weighted by molar-refractivity contribution is -0.663. The van der Waals surface area contributed by atoms with Gasteiger partial charge >= 0.3 is 11.9 Å². The Labute approximate surface area is 286 Å². The van der Waals surface area contributed by atoms with Crippen LogP contribution >= 0.6 is 34.7 Å². The van der Waals surface area contributed by atoms with E-state index in [1.54, 1.807) is 19.4 Å². The summed E-state index contributed by atoms with van der Waals surface area (Å²) < 4.78 is 8.91. The Morgan fingerprint density at radius 2 is 2.06 bits per heavy atom. The smallest absolute Gasteiger partial charge is 0.352 e. The number of oxime groups is 1. The number of nitrogens with two attached hydrogens (primary N) is 3. The average Bonchev–Trinajstić information content (AvgIpc) is 3.55. The number of β-lactam (4-membered cyclic amide) rings is 1. The van der Waals surface area contributed by atoms with E-state index in [0.29, 0.717) is 31.0 Å². The van der Waals surface area contributed by atoms with E-state index in [2.05, 4.69) is 15.5 Å². The highest BCUT2D eigenvalue weighted by Gasteiger charge is 2.55. The van der Waals surface area contributed by atoms with Crippen molar-refractivity contribution in [1.82, 2.24) is 19.8 Å². The van der Waals surface area contributed by atoms with Crippen LogP contribution in [0, 0.1) is 0 Å². The molecule has 2 aliphatic heterocycles.